The lowest BCUT2D eigenvalue weighted by Crippen LogP contribution is -2.57. The van der Waals surface area contributed by atoms with Gasteiger partial charge in [0, 0.05) is 52.0 Å². The molecule has 160 valence electrons. The summed E-state index contributed by atoms with van der Waals surface area (Å²) in [6.07, 6.45) is 3.16. The minimum absolute atomic E-state index is 0.00220. The van der Waals surface area contributed by atoms with Gasteiger partial charge in [0.15, 0.2) is 0 Å². The lowest BCUT2D eigenvalue weighted by molar-refractivity contribution is -0.140. The van der Waals surface area contributed by atoms with Gasteiger partial charge in [0.2, 0.25) is 11.8 Å². The second-order valence-corrected chi connectivity index (χ2v) is 8.65. The van der Waals surface area contributed by atoms with Crippen molar-refractivity contribution in [2.75, 3.05) is 45.8 Å². The van der Waals surface area contributed by atoms with Crippen molar-refractivity contribution >= 4 is 11.8 Å². The number of carbonyl (C=O) groups excluding carboxylic acids is 2. The van der Waals surface area contributed by atoms with Crippen molar-refractivity contribution in [3.8, 4) is 0 Å². The summed E-state index contributed by atoms with van der Waals surface area (Å²) in [5, 5.41) is 2.93. The minimum Gasteiger partial charge on any atom is -0.353 e. The summed E-state index contributed by atoms with van der Waals surface area (Å²) in [4.78, 5) is 36.3. The summed E-state index contributed by atoms with van der Waals surface area (Å²) in [6, 6.07) is 3.72. The number of aryl methyl sites for hydroxylation is 1. The van der Waals surface area contributed by atoms with E-state index in [1.165, 1.54) is 5.56 Å². The molecule has 0 spiro atoms. The fourth-order valence-corrected chi connectivity index (χ4v) is 4.02. The first kappa shape index (κ1) is 21.7. The first-order valence-electron chi connectivity index (χ1n) is 10.9. The van der Waals surface area contributed by atoms with Crippen molar-refractivity contribution in [2.24, 2.45) is 5.92 Å². The molecule has 1 aromatic rings. The Hall–Kier alpha value is -1.99. The average Bonchev–Trinajstić information content (AvgIpc) is 2.70. The fraction of sp³-hybridized carbons (Fsp3) is 0.682. The predicted molar refractivity (Wildman–Crippen MR) is 113 cm³/mol. The third-order valence-electron chi connectivity index (χ3n) is 6.02. The largest absolute Gasteiger partial charge is 0.353 e. The van der Waals surface area contributed by atoms with Crippen LogP contribution in [0.2, 0.25) is 0 Å². The molecule has 1 atom stereocenters. The number of rotatable bonds is 7. The summed E-state index contributed by atoms with van der Waals surface area (Å²) in [5.41, 5.74) is 2.31. The molecule has 3 heterocycles. The number of pyridine rings is 1. The van der Waals surface area contributed by atoms with Crippen LogP contribution in [-0.2, 0) is 16.1 Å². The zero-order valence-electron chi connectivity index (χ0n) is 18.1. The first-order chi connectivity index (χ1) is 13.9. The Labute approximate surface area is 174 Å². The summed E-state index contributed by atoms with van der Waals surface area (Å²) in [6.45, 7) is 12.8. The van der Waals surface area contributed by atoms with Crippen molar-refractivity contribution in [1.82, 2.24) is 25.0 Å². The van der Waals surface area contributed by atoms with E-state index in [9.17, 15) is 9.59 Å². The van der Waals surface area contributed by atoms with Gasteiger partial charge in [-0.15, -0.1) is 0 Å². The molecule has 7 heteroatoms. The molecule has 29 heavy (non-hydrogen) atoms. The monoisotopic (exact) mass is 401 g/mol. The molecule has 0 aromatic carbocycles. The smallest absolute Gasteiger partial charge is 0.237 e. The molecule has 7 nitrogen and oxygen atoms in total. The number of amides is 2. The second-order valence-electron chi connectivity index (χ2n) is 8.65. The highest BCUT2D eigenvalue weighted by molar-refractivity contribution is 5.88. The molecule has 2 aliphatic heterocycles. The van der Waals surface area contributed by atoms with Crippen molar-refractivity contribution in [3.05, 3.63) is 29.6 Å². The molecule has 2 aliphatic rings. The Morgan fingerprint density at radius 1 is 1.24 bits per heavy atom. The van der Waals surface area contributed by atoms with Gasteiger partial charge >= 0.3 is 0 Å². The summed E-state index contributed by atoms with van der Waals surface area (Å²) in [7, 11) is 0. The summed E-state index contributed by atoms with van der Waals surface area (Å²) < 4.78 is 0. The molecule has 2 fully saturated rings. The summed E-state index contributed by atoms with van der Waals surface area (Å²) >= 11 is 0. The Morgan fingerprint density at radius 2 is 2.00 bits per heavy atom. The maximum atomic E-state index is 12.9. The van der Waals surface area contributed by atoms with E-state index in [-0.39, 0.29) is 24.3 Å². The van der Waals surface area contributed by atoms with Crippen LogP contribution in [0.15, 0.2) is 18.3 Å². The standard InChI is InChI=1S/C22H35N5O2/c1-17(2)6-9-26-10-8-24-22(29)20(26)15-21(28)27-13-11-25(12-14-27)16-19-18(3)5-4-7-23-19/h4-5,7,17,20H,6,8-16H2,1-3H3,(H,24,29). The lowest BCUT2D eigenvalue weighted by Gasteiger charge is -2.38. The van der Waals surface area contributed by atoms with E-state index in [2.05, 4.69) is 46.9 Å². The van der Waals surface area contributed by atoms with Crippen LogP contribution in [0.25, 0.3) is 0 Å². The van der Waals surface area contributed by atoms with E-state index in [4.69, 9.17) is 0 Å². The number of hydrogen-bond donors (Lipinski definition) is 1. The van der Waals surface area contributed by atoms with Gasteiger partial charge in [0.1, 0.15) is 0 Å². The van der Waals surface area contributed by atoms with Gasteiger partial charge in [0.25, 0.3) is 0 Å². The van der Waals surface area contributed by atoms with Crippen LogP contribution < -0.4 is 5.32 Å². The molecular weight excluding hydrogens is 366 g/mol. The van der Waals surface area contributed by atoms with Crippen molar-refractivity contribution in [1.29, 1.82) is 0 Å². The fourth-order valence-electron chi connectivity index (χ4n) is 4.02. The number of carbonyl (C=O) groups is 2. The number of aromatic nitrogens is 1. The molecule has 0 saturated carbocycles. The Bertz CT molecular complexity index is 700. The quantitative estimate of drug-likeness (QED) is 0.745. The van der Waals surface area contributed by atoms with Crippen LogP contribution in [0.5, 0.6) is 0 Å². The molecule has 2 saturated heterocycles. The summed E-state index contributed by atoms with van der Waals surface area (Å²) in [5.74, 6) is 0.681. The van der Waals surface area contributed by atoms with Crippen LogP contribution in [0, 0.1) is 12.8 Å². The van der Waals surface area contributed by atoms with Crippen molar-refractivity contribution in [2.45, 2.75) is 46.2 Å². The SMILES string of the molecule is Cc1cccnc1CN1CCN(C(=O)CC2C(=O)NCCN2CCC(C)C)CC1. The van der Waals surface area contributed by atoms with E-state index in [0.29, 0.717) is 25.6 Å². The van der Waals surface area contributed by atoms with Gasteiger partial charge in [-0.3, -0.25) is 24.4 Å². The maximum absolute atomic E-state index is 12.9. The lowest BCUT2D eigenvalue weighted by atomic mass is 10.0. The molecule has 0 aliphatic carbocycles. The predicted octanol–water partition coefficient (Wildman–Crippen LogP) is 1.27. The normalized spacial score (nSPS) is 21.4. The van der Waals surface area contributed by atoms with Crippen LogP contribution in [-0.4, -0.2) is 83.4 Å². The van der Waals surface area contributed by atoms with E-state index in [0.717, 1.165) is 44.8 Å². The third-order valence-corrected chi connectivity index (χ3v) is 6.02. The van der Waals surface area contributed by atoms with Crippen molar-refractivity contribution in [3.63, 3.8) is 0 Å². The average molecular weight is 402 g/mol. The van der Waals surface area contributed by atoms with Crippen LogP contribution in [0.1, 0.15) is 37.9 Å². The molecule has 0 bridgehead atoms. The topological polar surface area (TPSA) is 68.8 Å². The molecular formula is C22H35N5O2. The highest BCUT2D eigenvalue weighted by atomic mass is 16.2. The maximum Gasteiger partial charge on any atom is 0.237 e. The van der Waals surface area contributed by atoms with Crippen molar-refractivity contribution < 1.29 is 9.59 Å². The van der Waals surface area contributed by atoms with E-state index in [1.54, 1.807) is 0 Å². The van der Waals surface area contributed by atoms with Crippen LogP contribution in [0.3, 0.4) is 0 Å². The van der Waals surface area contributed by atoms with Crippen LogP contribution >= 0.6 is 0 Å². The number of nitrogens with zero attached hydrogens (tertiary/aromatic N) is 4. The molecule has 0 radical (unpaired) electrons. The van der Waals surface area contributed by atoms with Gasteiger partial charge in [-0.25, -0.2) is 0 Å². The highest BCUT2D eigenvalue weighted by Gasteiger charge is 2.33. The van der Waals surface area contributed by atoms with E-state index in [1.807, 2.05) is 17.2 Å². The minimum atomic E-state index is -0.329. The molecule has 1 N–H and O–H groups in total. The highest BCUT2D eigenvalue weighted by Crippen LogP contribution is 2.15. The van der Waals surface area contributed by atoms with E-state index < -0.39 is 0 Å². The molecule has 2 amide bonds. The van der Waals surface area contributed by atoms with Gasteiger partial charge in [0.05, 0.1) is 18.2 Å². The second kappa shape index (κ2) is 10.2. The zero-order chi connectivity index (χ0) is 20.8. The van der Waals surface area contributed by atoms with Gasteiger partial charge in [-0.1, -0.05) is 19.9 Å². The first-order valence-corrected chi connectivity index (χ1v) is 10.9. The molecule has 1 unspecified atom stereocenters. The van der Waals surface area contributed by atoms with E-state index >= 15 is 0 Å². The van der Waals surface area contributed by atoms with Crippen LogP contribution in [0.4, 0.5) is 0 Å². The molecule has 1 aromatic heterocycles. The van der Waals surface area contributed by atoms with Gasteiger partial charge in [-0.05, 0) is 37.4 Å². The third kappa shape index (κ3) is 6.00. The van der Waals surface area contributed by atoms with Gasteiger partial charge < -0.3 is 10.2 Å². The Kier molecular flexibility index (Phi) is 7.61. The Morgan fingerprint density at radius 3 is 2.69 bits per heavy atom. The number of piperazine rings is 2. The number of hydrogen-bond acceptors (Lipinski definition) is 5. The number of nitrogens with one attached hydrogen (secondary N) is 1. The van der Waals surface area contributed by atoms with Gasteiger partial charge in [-0.2, -0.15) is 0 Å². The Balaban J connectivity index is 1.50. The zero-order valence-corrected chi connectivity index (χ0v) is 18.1. The molecule has 3 rings (SSSR count).